The highest BCUT2D eigenvalue weighted by atomic mass is 19.4. The fourth-order valence-corrected chi connectivity index (χ4v) is 2.96. The molecule has 0 radical (unpaired) electrons. The predicted octanol–water partition coefficient (Wildman–Crippen LogP) is 3.66. The highest BCUT2D eigenvalue weighted by molar-refractivity contribution is 5.95. The molecule has 0 unspecified atom stereocenters. The van der Waals surface area contributed by atoms with Crippen LogP contribution in [0.15, 0.2) is 65.8 Å². The number of alkyl halides is 3. The molecule has 0 saturated carbocycles. The largest absolute Gasteiger partial charge is 0.463 e. The van der Waals surface area contributed by atoms with Crippen LogP contribution in [0.2, 0.25) is 0 Å². The van der Waals surface area contributed by atoms with E-state index in [2.05, 4.69) is 20.1 Å². The van der Waals surface area contributed by atoms with Crippen LogP contribution in [-0.4, -0.2) is 36.8 Å². The lowest BCUT2D eigenvalue weighted by Gasteiger charge is -2.21. The third kappa shape index (κ3) is 4.15. The van der Waals surface area contributed by atoms with Gasteiger partial charge in [-0.3, -0.25) is 9.78 Å². The Hall–Kier alpha value is -4.02. The molecule has 31 heavy (non-hydrogen) atoms. The maximum Gasteiger partial charge on any atom is 0.412 e. The minimum absolute atomic E-state index is 0.0369. The van der Waals surface area contributed by atoms with Crippen LogP contribution in [0, 0.1) is 6.92 Å². The van der Waals surface area contributed by atoms with Crippen LogP contribution in [0.25, 0.3) is 17.4 Å². The molecule has 4 aromatic rings. The lowest BCUT2D eigenvalue weighted by molar-refractivity contribution is -0.155. The van der Waals surface area contributed by atoms with E-state index in [9.17, 15) is 18.0 Å². The van der Waals surface area contributed by atoms with Crippen molar-refractivity contribution in [1.82, 2.24) is 30.0 Å². The van der Waals surface area contributed by atoms with Crippen LogP contribution in [0.3, 0.4) is 0 Å². The van der Waals surface area contributed by atoms with Gasteiger partial charge in [0.05, 0.1) is 23.7 Å². The van der Waals surface area contributed by atoms with Gasteiger partial charge >= 0.3 is 6.18 Å². The number of carbonyl (C=O) groups excluding carboxylic acids is 1. The average Bonchev–Trinajstić information content (AvgIpc) is 3.42. The maximum atomic E-state index is 13.5. The number of aromatic nitrogens is 5. The topological polar surface area (TPSA) is 98.7 Å². The van der Waals surface area contributed by atoms with E-state index in [4.69, 9.17) is 4.42 Å². The molecule has 0 aliphatic heterocycles. The van der Waals surface area contributed by atoms with Gasteiger partial charge in [0.2, 0.25) is 0 Å². The standard InChI is InChI=1S/C20H15F3N6O2/c1-12-14(18(30)28-17(20(21,22)23)13-4-2-7-24-10-13)11-26-29(12)19-25-8-6-15(27-19)16-5-3-9-31-16/h2-11,17H,1H3,(H,28,30)/t17-/m1/s1. The van der Waals surface area contributed by atoms with Crippen LogP contribution in [-0.2, 0) is 0 Å². The summed E-state index contributed by atoms with van der Waals surface area (Å²) in [6.07, 6.45) is 1.86. The van der Waals surface area contributed by atoms with E-state index in [-0.39, 0.29) is 22.8 Å². The maximum absolute atomic E-state index is 13.5. The van der Waals surface area contributed by atoms with Gasteiger partial charge in [0, 0.05) is 24.2 Å². The van der Waals surface area contributed by atoms with Gasteiger partial charge in [-0.15, -0.1) is 0 Å². The van der Waals surface area contributed by atoms with Crippen molar-refractivity contribution in [2.75, 3.05) is 0 Å². The zero-order valence-electron chi connectivity index (χ0n) is 16.0. The number of hydrogen-bond donors (Lipinski definition) is 1. The van der Waals surface area contributed by atoms with Gasteiger partial charge in [-0.25, -0.2) is 14.6 Å². The molecule has 1 N–H and O–H groups in total. The monoisotopic (exact) mass is 428 g/mol. The highest BCUT2D eigenvalue weighted by Gasteiger charge is 2.42. The van der Waals surface area contributed by atoms with Gasteiger partial charge in [-0.1, -0.05) is 6.07 Å². The zero-order valence-corrected chi connectivity index (χ0v) is 16.0. The SMILES string of the molecule is Cc1c(C(=O)N[C@H](c2cccnc2)C(F)(F)F)cnn1-c1nccc(-c2ccco2)n1. The number of nitrogens with one attached hydrogen (secondary N) is 1. The molecule has 0 saturated heterocycles. The number of furan rings is 1. The Labute approximate surface area is 173 Å². The second-order valence-electron chi connectivity index (χ2n) is 6.51. The average molecular weight is 428 g/mol. The molecule has 1 atom stereocenters. The van der Waals surface area contributed by atoms with E-state index in [1.54, 1.807) is 18.2 Å². The summed E-state index contributed by atoms with van der Waals surface area (Å²) >= 11 is 0. The summed E-state index contributed by atoms with van der Waals surface area (Å²) in [7, 11) is 0. The van der Waals surface area contributed by atoms with Crippen molar-refractivity contribution in [3.8, 4) is 17.4 Å². The first kappa shape index (κ1) is 20.3. The molecule has 4 heterocycles. The van der Waals surface area contributed by atoms with Crippen molar-refractivity contribution in [2.45, 2.75) is 19.1 Å². The smallest absolute Gasteiger partial charge is 0.412 e. The summed E-state index contributed by atoms with van der Waals surface area (Å²) in [4.78, 5) is 24.8. The number of rotatable bonds is 5. The van der Waals surface area contributed by atoms with E-state index in [1.807, 2.05) is 5.32 Å². The van der Waals surface area contributed by atoms with Crippen molar-refractivity contribution in [3.63, 3.8) is 0 Å². The Balaban J connectivity index is 1.62. The van der Waals surface area contributed by atoms with Crippen LogP contribution in [0.5, 0.6) is 0 Å². The van der Waals surface area contributed by atoms with Gasteiger partial charge in [0.25, 0.3) is 11.9 Å². The zero-order chi connectivity index (χ0) is 22.0. The van der Waals surface area contributed by atoms with E-state index in [0.29, 0.717) is 11.5 Å². The summed E-state index contributed by atoms with van der Waals surface area (Å²) in [5.74, 6) is -0.280. The Morgan fingerprint density at radius 1 is 1.16 bits per heavy atom. The van der Waals surface area contributed by atoms with E-state index < -0.39 is 18.1 Å². The second kappa shape index (κ2) is 8.01. The van der Waals surface area contributed by atoms with Crippen molar-refractivity contribution in [3.05, 3.63) is 78.2 Å². The van der Waals surface area contributed by atoms with Gasteiger partial charge in [0.1, 0.15) is 5.69 Å². The summed E-state index contributed by atoms with van der Waals surface area (Å²) < 4.78 is 47.2. The van der Waals surface area contributed by atoms with Crippen LogP contribution < -0.4 is 5.32 Å². The van der Waals surface area contributed by atoms with Gasteiger partial charge in [-0.2, -0.15) is 18.3 Å². The van der Waals surface area contributed by atoms with Gasteiger partial charge in [-0.05, 0) is 31.2 Å². The van der Waals surface area contributed by atoms with Crippen molar-refractivity contribution >= 4 is 5.91 Å². The number of amides is 1. The molecule has 0 aliphatic carbocycles. The molecule has 158 valence electrons. The normalized spacial score (nSPS) is 12.5. The van der Waals surface area contributed by atoms with Crippen molar-refractivity contribution in [1.29, 1.82) is 0 Å². The molecule has 1 amide bonds. The number of hydrogen-bond acceptors (Lipinski definition) is 6. The van der Waals surface area contributed by atoms with Crippen LogP contribution in [0.4, 0.5) is 13.2 Å². The lowest BCUT2D eigenvalue weighted by atomic mass is 10.1. The third-order valence-electron chi connectivity index (χ3n) is 4.48. The number of carbonyl (C=O) groups is 1. The predicted molar refractivity (Wildman–Crippen MR) is 102 cm³/mol. The molecule has 0 bridgehead atoms. The molecular formula is C20H15F3N6O2. The fourth-order valence-electron chi connectivity index (χ4n) is 2.96. The summed E-state index contributed by atoms with van der Waals surface area (Å²) in [5.41, 5.74) is 0.554. The number of halogens is 3. The first-order valence-electron chi connectivity index (χ1n) is 9.04. The van der Waals surface area contributed by atoms with Crippen LogP contribution in [0.1, 0.15) is 27.7 Å². The van der Waals surface area contributed by atoms with E-state index >= 15 is 0 Å². The number of nitrogens with zero attached hydrogens (tertiary/aromatic N) is 5. The van der Waals surface area contributed by atoms with Gasteiger partial charge in [0.15, 0.2) is 11.8 Å². The minimum atomic E-state index is -4.71. The van der Waals surface area contributed by atoms with Crippen LogP contribution >= 0.6 is 0 Å². The molecule has 4 rings (SSSR count). The molecular weight excluding hydrogens is 413 g/mol. The summed E-state index contributed by atoms with van der Waals surface area (Å²) in [5, 5.41) is 6.09. The molecule has 11 heteroatoms. The first-order chi connectivity index (χ1) is 14.8. The third-order valence-corrected chi connectivity index (χ3v) is 4.48. The van der Waals surface area contributed by atoms with E-state index in [0.717, 1.165) is 6.20 Å². The molecule has 0 aromatic carbocycles. The lowest BCUT2D eigenvalue weighted by Crippen LogP contribution is -2.38. The minimum Gasteiger partial charge on any atom is -0.463 e. The first-order valence-corrected chi connectivity index (χ1v) is 9.04. The Bertz CT molecular complexity index is 1190. The quantitative estimate of drug-likeness (QED) is 0.521. The molecule has 8 nitrogen and oxygen atoms in total. The second-order valence-corrected chi connectivity index (χ2v) is 6.51. The molecule has 0 spiro atoms. The number of pyridine rings is 1. The van der Waals surface area contributed by atoms with Crippen molar-refractivity contribution in [2.24, 2.45) is 0 Å². The Morgan fingerprint density at radius 3 is 2.68 bits per heavy atom. The Kier molecular flexibility index (Phi) is 5.24. The molecule has 0 fully saturated rings. The molecule has 4 aromatic heterocycles. The Morgan fingerprint density at radius 2 is 2.00 bits per heavy atom. The van der Waals surface area contributed by atoms with Gasteiger partial charge < -0.3 is 9.73 Å². The van der Waals surface area contributed by atoms with Crippen molar-refractivity contribution < 1.29 is 22.4 Å². The van der Waals surface area contributed by atoms with E-state index in [1.165, 1.54) is 48.6 Å². The molecule has 0 aliphatic rings. The summed E-state index contributed by atoms with van der Waals surface area (Å²) in [6.45, 7) is 1.54. The fraction of sp³-hybridized carbons (Fsp3) is 0.150. The summed E-state index contributed by atoms with van der Waals surface area (Å²) in [6, 6.07) is 5.46. The highest BCUT2D eigenvalue weighted by Crippen LogP contribution is 2.32.